The lowest BCUT2D eigenvalue weighted by Gasteiger charge is -2.11. The van der Waals surface area contributed by atoms with Gasteiger partial charge in [-0.25, -0.2) is 14.6 Å². The lowest BCUT2D eigenvalue weighted by atomic mass is 10.1. The van der Waals surface area contributed by atoms with Gasteiger partial charge < -0.3 is 9.30 Å². The second kappa shape index (κ2) is 6.89. The van der Waals surface area contributed by atoms with E-state index in [1.165, 1.54) is 0 Å². The van der Waals surface area contributed by atoms with E-state index >= 15 is 0 Å². The molecule has 2 heterocycles. The monoisotopic (exact) mass is 379 g/mol. The molecule has 0 amide bonds. The minimum atomic E-state index is 0.589. The van der Waals surface area contributed by atoms with Crippen molar-refractivity contribution in [2.75, 3.05) is 7.11 Å². The maximum absolute atomic E-state index is 6.29. The van der Waals surface area contributed by atoms with Crippen LogP contribution in [0.25, 0.3) is 28.5 Å². The fraction of sp³-hybridized carbons (Fsp3) is 0.150. The van der Waals surface area contributed by atoms with Crippen molar-refractivity contribution < 1.29 is 4.74 Å². The lowest BCUT2D eigenvalue weighted by molar-refractivity contribution is 0.413. The maximum atomic E-state index is 6.29. The summed E-state index contributed by atoms with van der Waals surface area (Å²) in [6, 6.07) is 13.5. The Balaban J connectivity index is 1.77. The van der Waals surface area contributed by atoms with Crippen LogP contribution in [0.5, 0.6) is 5.75 Å². The number of rotatable bonds is 4. The first-order valence-electron chi connectivity index (χ1n) is 8.42. The van der Waals surface area contributed by atoms with Crippen LogP contribution >= 0.6 is 11.6 Å². The molecular formula is C20H18ClN5O. The molecule has 0 spiro atoms. The van der Waals surface area contributed by atoms with Crippen molar-refractivity contribution in [2.45, 2.75) is 6.92 Å². The SMILES string of the molecule is COc1cc(-c2nc(-c3ccccc3Cl)nn2C)ccc1-n1cnc(C)c1. The molecule has 0 bridgehead atoms. The van der Waals surface area contributed by atoms with Crippen LogP contribution in [0.1, 0.15) is 5.69 Å². The van der Waals surface area contributed by atoms with Gasteiger partial charge in [0.25, 0.3) is 0 Å². The molecule has 0 atom stereocenters. The molecule has 2 aromatic carbocycles. The highest BCUT2D eigenvalue weighted by Gasteiger charge is 2.15. The largest absolute Gasteiger partial charge is 0.495 e. The van der Waals surface area contributed by atoms with Gasteiger partial charge in [-0.05, 0) is 37.3 Å². The highest BCUT2D eigenvalue weighted by Crippen LogP contribution is 2.31. The van der Waals surface area contributed by atoms with Crippen molar-refractivity contribution in [3.63, 3.8) is 0 Å². The molecule has 0 aliphatic heterocycles. The van der Waals surface area contributed by atoms with E-state index in [0.717, 1.165) is 34.1 Å². The highest BCUT2D eigenvalue weighted by molar-refractivity contribution is 6.33. The molecule has 4 rings (SSSR count). The molecule has 4 aromatic rings. The summed E-state index contributed by atoms with van der Waals surface area (Å²) in [5.41, 5.74) is 3.56. The van der Waals surface area contributed by atoms with Gasteiger partial charge in [0.2, 0.25) is 0 Å². The topological polar surface area (TPSA) is 57.8 Å². The summed E-state index contributed by atoms with van der Waals surface area (Å²) in [5.74, 6) is 2.05. The van der Waals surface area contributed by atoms with E-state index in [4.69, 9.17) is 16.3 Å². The van der Waals surface area contributed by atoms with Crippen molar-refractivity contribution in [1.29, 1.82) is 0 Å². The molecule has 0 radical (unpaired) electrons. The molecule has 0 N–H and O–H groups in total. The number of benzene rings is 2. The first-order chi connectivity index (χ1) is 13.1. The summed E-state index contributed by atoms with van der Waals surface area (Å²) in [5, 5.41) is 5.15. The molecule has 0 unspecified atom stereocenters. The third kappa shape index (κ3) is 3.19. The summed E-state index contributed by atoms with van der Waals surface area (Å²) in [4.78, 5) is 8.96. The fourth-order valence-electron chi connectivity index (χ4n) is 2.98. The summed E-state index contributed by atoms with van der Waals surface area (Å²) >= 11 is 6.29. The van der Waals surface area contributed by atoms with Crippen LogP contribution in [0.3, 0.4) is 0 Å². The summed E-state index contributed by atoms with van der Waals surface area (Å²) in [7, 11) is 3.51. The number of halogens is 1. The highest BCUT2D eigenvalue weighted by atomic mass is 35.5. The van der Waals surface area contributed by atoms with E-state index in [1.807, 2.05) is 67.2 Å². The zero-order valence-corrected chi connectivity index (χ0v) is 16.0. The van der Waals surface area contributed by atoms with Crippen molar-refractivity contribution in [1.82, 2.24) is 24.3 Å². The number of ether oxygens (including phenoxy) is 1. The van der Waals surface area contributed by atoms with Gasteiger partial charge in [0.15, 0.2) is 11.6 Å². The predicted molar refractivity (Wildman–Crippen MR) is 105 cm³/mol. The Labute approximate surface area is 162 Å². The van der Waals surface area contributed by atoms with E-state index in [2.05, 4.69) is 15.1 Å². The molecule has 27 heavy (non-hydrogen) atoms. The van der Waals surface area contributed by atoms with Crippen LogP contribution in [0.15, 0.2) is 55.0 Å². The summed E-state index contributed by atoms with van der Waals surface area (Å²) in [6.07, 6.45) is 3.72. The average Bonchev–Trinajstić information content (AvgIpc) is 3.27. The fourth-order valence-corrected chi connectivity index (χ4v) is 3.20. The number of nitrogens with zero attached hydrogens (tertiary/aromatic N) is 5. The summed E-state index contributed by atoms with van der Waals surface area (Å²) < 4.78 is 9.27. The Hall–Kier alpha value is -3.12. The number of imidazole rings is 1. The van der Waals surface area contributed by atoms with E-state index in [-0.39, 0.29) is 0 Å². The van der Waals surface area contributed by atoms with Gasteiger partial charge in [-0.1, -0.05) is 23.7 Å². The Morgan fingerprint density at radius 3 is 2.63 bits per heavy atom. The first kappa shape index (κ1) is 17.3. The van der Waals surface area contributed by atoms with Crippen LogP contribution in [0, 0.1) is 6.92 Å². The molecule has 2 aromatic heterocycles. The molecule has 0 saturated heterocycles. The van der Waals surface area contributed by atoms with Crippen molar-refractivity contribution in [2.24, 2.45) is 7.05 Å². The molecule has 0 saturated carbocycles. The average molecular weight is 380 g/mol. The van der Waals surface area contributed by atoms with Gasteiger partial charge in [-0.2, -0.15) is 5.10 Å². The van der Waals surface area contributed by atoms with Gasteiger partial charge in [0.1, 0.15) is 5.75 Å². The van der Waals surface area contributed by atoms with Crippen LogP contribution in [-0.2, 0) is 7.05 Å². The zero-order valence-electron chi connectivity index (χ0n) is 15.2. The van der Waals surface area contributed by atoms with Gasteiger partial charge in [-0.3, -0.25) is 0 Å². The first-order valence-corrected chi connectivity index (χ1v) is 8.80. The Kier molecular flexibility index (Phi) is 4.41. The van der Waals surface area contributed by atoms with Gasteiger partial charge in [0.05, 0.1) is 29.8 Å². The van der Waals surface area contributed by atoms with E-state index in [9.17, 15) is 0 Å². The van der Waals surface area contributed by atoms with Gasteiger partial charge in [-0.15, -0.1) is 0 Å². The standard InChI is InChI=1S/C20H18ClN5O/c1-13-11-26(12-22-13)17-9-8-14(10-18(17)27-3)20-23-19(24-25(20)2)15-6-4-5-7-16(15)21/h4-12H,1-3H3. The van der Waals surface area contributed by atoms with Crippen LogP contribution in [0.4, 0.5) is 0 Å². The quantitative estimate of drug-likeness (QED) is 0.530. The Morgan fingerprint density at radius 2 is 1.93 bits per heavy atom. The minimum Gasteiger partial charge on any atom is -0.495 e. The predicted octanol–water partition coefficient (Wildman–Crippen LogP) is 4.31. The molecule has 0 aliphatic rings. The smallest absolute Gasteiger partial charge is 0.183 e. The zero-order chi connectivity index (χ0) is 19.0. The third-order valence-electron chi connectivity index (χ3n) is 4.31. The normalized spacial score (nSPS) is 11.0. The van der Waals surface area contributed by atoms with Crippen molar-refractivity contribution in [3.8, 4) is 34.2 Å². The number of hydrogen-bond donors (Lipinski definition) is 0. The van der Waals surface area contributed by atoms with Crippen molar-refractivity contribution in [3.05, 3.63) is 65.7 Å². The van der Waals surface area contributed by atoms with Crippen LogP contribution in [0.2, 0.25) is 5.02 Å². The molecule has 136 valence electrons. The van der Waals surface area contributed by atoms with E-state index in [1.54, 1.807) is 18.1 Å². The number of methoxy groups -OCH3 is 1. The Bertz CT molecular complexity index is 1120. The molecule has 0 aliphatic carbocycles. The molecule has 7 heteroatoms. The van der Waals surface area contributed by atoms with Crippen molar-refractivity contribution >= 4 is 11.6 Å². The number of aryl methyl sites for hydroxylation is 2. The molecular weight excluding hydrogens is 362 g/mol. The lowest BCUT2D eigenvalue weighted by Crippen LogP contribution is -1.98. The number of aromatic nitrogens is 5. The minimum absolute atomic E-state index is 0.589. The third-order valence-corrected chi connectivity index (χ3v) is 4.64. The molecule has 0 fully saturated rings. The van der Waals surface area contributed by atoms with E-state index in [0.29, 0.717) is 10.8 Å². The van der Waals surface area contributed by atoms with Crippen LogP contribution in [-0.4, -0.2) is 31.4 Å². The number of hydrogen-bond acceptors (Lipinski definition) is 4. The second-order valence-corrected chi connectivity index (χ2v) is 6.58. The molecule has 6 nitrogen and oxygen atoms in total. The van der Waals surface area contributed by atoms with Gasteiger partial charge in [0, 0.05) is 24.4 Å². The van der Waals surface area contributed by atoms with Gasteiger partial charge >= 0.3 is 0 Å². The summed E-state index contributed by atoms with van der Waals surface area (Å²) in [6.45, 7) is 1.95. The van der Waals surface area contributed by atoms with E-state index < -0.39 is 0 Å². The Morgan fingerprint density at radius 1 is 1.11 bits per heavy atom. The maximum Gasteiger partial charge on any atom is 0.183 e. The second-order valence-electron chi connectivity index (χ2n) is 6.17. The van der Waals surface area contributed by atoms with Crippen LogP contribution < -0.4 is 4.74 Å².